The van der Waals surface area contributed by atoms with Crippen molar-refractivity contribution >= 4 is 5.78 Å². The van der Waals surface area contributed by atoms with Crippen LogP contribution in [-0.2, 0) is 6.54 Å². The maximum Gasteiger partial charge on any atom is 0.267 e. The van der Waals surface area contributed by atoms with E-state index in [2.05, 4.69) is 5.10 Å². The van der Waals surface area contributed by atoms with Gasteiger partial charge in [-0.3, -0.25) is 9.59 Å². The summed E-state index contributed by atoms with van der Waals surface area (Å²) in [5, 5.41) is 3.68. The fourth-order valence-electron chi connectivity index (χ4n) is 1.44. The van der Waals surface area contributed by atoms with Crippen molar-refractivity contribution in [2.75, 3.05) is 0 Å². The fourth-order valence-corrected chi connectivity index (χ4v) is 1.44. The highest BCUT2D eigenvalue weighted by molar-refractivity contribution is 5.96. The molecule has 92 valence electrons. The third kappa shape index (κ3) is 2.48. The monoisotopic (exact) mass is 250 g/mol. The average molecular weight is 250 g/mol. The van der Waals surface area contributed by atoms with Crippen molar-refractivity contribution in [3.05, 3.63) is 64.1 Å². The number of aromatic nitrogens is 2. The van der Waals surface area contributed by atoms with E-state index >= 15 is 0 Å². The van der Waals surface area contributed by atoms with Gasteiger partial charge < -0.3 is 0 Å². The third-order valence-corrected chi connectivity index (χ3v) is 2.31. The lowest BCUT2D eigenvalue weighted by Gasteiger charge is -2.04. The largest absolute Gasteiger partial charge is 0.292 e. The predicted molar refractivity (Wildman–Crippen MR) is 59.2 cm³/mol. The van der Waals surface area contributed by atoms with Crippen molar-refractivity contribution in [1.29, 1.82) is 0 Å². The second kappa shape index (κ2) is 4.87. The number of benzene rings is 1. The van der Waals surface area contributed by atoms with Crippen LogP contribution in [0.2, 0.25) is 0 Å². The van der Waals surface area contributed by atoms with E-state index in [9.17, 15) is 18.4 Å². The molecule has 2 aromatic rings. The van der Waals surface area contributed by atoms with Crippen molar-refractivity contribution in [3.8, 4) is 0 Å². The van der Waals surface area contributed by atoms with E-state index in [4.69, 9.17) is 0 Å². The summed E-state index contributed by atoms with van der Waals surface area (Å²) in [5.41, 5.74) is -0.734. The summed E-state index contributed by atoms with van der Waals surface area (Å²) in [7, 11) is 0. The first-order valence-corrected chi connectivity index (χ1v) is 5.08. The number of halogens is 2. The lowest BCUT2D eigenvalue weighted by atomic mass is 10.1. The summed E-state index contributed by atoms with van der Waals surface area (Å²) in [6.07, 6.45) is 1.34. The maximum absolute atomic E-state index is 13.3. The molecule has 0 aliphatic rings. The van der Waals surface area contributed by atoms with Gasteiger partial charge >= 0.3 is 0 Å². The van der Waals surface area contributed by atoms with Crippen LogP contribution >= 0.6 is 0 Å². The zero-order valence-corrected chi connectivity index (χ0v) is 9.14. The number of rotatable bonds is 3. The third-order valence-electron chi connectivity index (χ3n) is 2.31. The molecular formula is C12H8F2N2O2. The molecule has 1 aromatic heterocycles. The summed E-state index contributed by atoms with van der Waals surface area (Å²) in [4.78, 5) is 23.1. The van der Waals surface area contributed by atoms with Crippen molar-refractivity contribution in [2.45, 2.75) is 6.54 Å². The first-order valence-electron chi connectivity index (χ1n) is 5.08. The van der Waals surface area contributed by atoms with Crippen LogP contribution in [0.4, 0.5) is 8.78 Å². The summed E-state index contributed by atoms with van der Waals surface area (Å²) in [6, 6.07) is 5.32. The Bertz CT molecular complexity index is 653. The number of carbonyl (C=O) groups excluding carboxylic acids is 1. The standard InChI is InChI=1S/C12H8F2N2O2/c13-8-3-4-9(10(14)6-8)11(17)7-16-12(18)2-1-5-15-16/h1-6H,7H2. The van der Waals surface area contributed by atoms with Gasteiger partial charge in [-0.15, -0.1) is 0 Å². The second-order valence-corrected chi connectivity index (χ2v) is 3.57. The Kier molecular flexibility index (Phi) is 3.27. The highest BCUT2D eigenvalue weighted by Crippen LogP contribution is 2.10. The van der Waals surface area contributed by atoms with Gasteiger partial charge in [-0.1, -0.05) is 0 Å². The number of carbonyl (C=O) groups is 1. The minimum Gasteiger partial charge on any atom is -0.292 e. The molecule has 1 aromatic carbocycles. The van der Waals surface area contributed by atoms with E-state index in [0.717, 1.165) is 16.8 Å². The highest BCUT2D eigenvalue weighted by atomic mass is 19.1. The van der Waals surface area contributed by atoms with Gasteiger partial charge in [0.05, 0.1) is 5.56 Å². The lowest BCUT2D eigenvalue weighted by Crippen LogP contribution is -2.25. The number of nitrogens with zero attached hydrogens (tertiary/aromatic N) is 2. The molecule has 0 fully saturated rings. The number of ketones is 1. The highest BCUT2D eigenvalue weighted by Gasteiger charge is 2.13. The Morgan fingerprint density at radius 2 is 2.06 bits per heavy atom. The zero-order valence-electron chi connectivity index (χ0n) is 9.14. The van der Waals surface area contributed by atoms with E-state index in [1.807, 2.05) is 0 Å². The van der Waals surface area contributed by atoms with Gasteiger partial charge in [-0.25, -0.2) is 13.5 Å². The van der Waals surface area contributed by atoms with Crippen LogP contribution in [0.1, 0.15) is 10.4 Å². The van der Waals surface area contributed by atoms with Crippen LogP contribution in [0.25, 0.3) is 0 Å². The van der Waals surface area contributed by atoms with Crippen LogP contribution in [-0.4, -0.2) is 15.6 Å². The van der Waals surface area contributed by atoms with E-state index in [1.54, 1.807) is 0 Å². The molecule has 6 heteroatoms. The number of Topliss-reactive ketones (excluding diaryl/α,β-unsaturated/α-hetero) is 1. The van der Waals surface area contributed by atoms with E-state index < -0.39 is 23.0 Å². The smallest absolute Gasteiger partial charge is 0.267 e. The maximum atomic E-state index is 13.3. The number of hydrogen-bond donors (Lipinski definition) is 0. The molecular weight excluding hydrogens is 242 g/mol. The lowest BCUT2D eigenvalue weighted by molar-refractivity contribution is 0.0961. The molecule has 0 spiro atoms. The van der Waals surface area contributed by atoms with Crippen molar-refractivity contribution < 1.29 is 13.6 Å². The van der Waals surface area contributed by atoms with Gasteiger partial charge in [0.2, 0.25) is 0 Å². The molecule has 0 bridgehead atoms. The topological polar surface area (TPSA) is 52.0 Å². The minimum absolute atomic E-state index is 0.269. The summed E-state index contributed by atoms with van der Waals surface area (Å²) in [5.74, 6) is -2.36. The molecule has 2 rings (SSSR count). The van der Waals surface area contributed by atoms with Gasteiger partial charge in [-0.05, 0) is 18.2 Å². The Morgan fingerprint density at radius 3 is 2.72 bits per heavy atom. The van der Waals surface area contributed by atoms with Gasteiger partial charge in [0, 0.05) is 18.3 Å². The van der Waals surface area contributed by atoms with Gasteiger partial charge in [0.15, 0.2) is 5.78 Å². The molecule has 0 saturated carbocycles. The van der Waals surface area contributed by atoms with Crippen LogP contribution in [0.15, 0.2) is 41.3 Å². The van der Waals surface area contributed by atoms with Gasteiger partial charge in [0.1, 0.15) is 18.2 Å². The Balaban J connectivity index is 2.28. The van der Waals surface area contributed by atoms with Gasteiger partial charge in [-0.2, -0.15) is 5.10 Å². The zero-order chi connectivity index (χ0) is 13.1. The van der Waals surface area contributed by atoms with Crippen molar-refractivity contribution in [3.63, 3.8) is 0 Å². The van der Waals surface area contributed by atoms with Crippen LogP contribution in [0, 0.1) is 11.6 Å². The molecule has 0 amide bonds. The minimum atomic E-state index is -0.955. The van der Waals surface area contributed by atoms with Crippen molar-refractivity contribution in [2.24, 2.45) is 0 Å². The molecule has 0 aliphatic heterocycles. The Hall–Kier alpha value is -2.37. The average Bonchev–Trinajstić information content (AvgIpc) is 2.32. The molecule has 4 nitrogen and oxygen atoms in total. The quantitative estimate of drug-likeness (QED) is 0.774. The molecule has 1 heterocycles. The summed E-state index contributed by atoms with van der Waals surface area (Å²) >= 11 is 0. The molecule has 18 heavy (non-hydrogen) atoms. The normalized spacial score (nSPS) is 10.3. The van der Waals surface area contributed by atoms with E-state index in [-0.39, 0.29) is 12.1 Å². The van der Waals surface area contributed by atoms with Gasteiger partial charge in [0.25, 0.3) is 5.56 Å². The number of hydrogen-bond acceptors (Lipinski definition) is 3. The molecule has 0 atom stereocenters. The predicted octanol–water partition coefficient (Wildman–Crippen LogP) is 1.40. The van der Waals surface area contributed by atoms with E-state index in [1.165, 1.54) is 18.3 Å². The Morgan fingerprint density at radius 1 is 1.28 bits per heavy atom. The molecule has 0 saturated heterocycles. The SMILES string of the molecule is O=C(Cn1ncccc1=O)c1ccc(F)cc1F. The first kappa shape index (κ1) is 12.1. The van der Waals surface area contributed by atoms with Crippen LogP contribution in [0.3, 0.4) is 0 Å². The van der Waals surface area contributed by atoms with Crippen molar-refractivity contribution in [1.82, 2.24) is 9.78 Å². The Labute approximate surface area is 100 Å². The molecule has 0 unspecified atom stereocenters. The molecule has 0 N–H and O–H groups in total. The van der Waals surface area contributed by atoms with E-state index in [0.29, 0.717) is 6.07 Å². The first-order chi connectivity index (χ1) is 8.58. The van der Waals surface area contributed by atoms with Crippen LogP contribution < -0.4 is 5.56 Å². The fraction of sp³-hybridized carbons (Fsp3) is 0.0833. The second-order valence-electron chi connectivity index (χ2n) is 3.57. The summed E-state index contributed by atoms with van der Waals surface area (Å²) < 4.78 is 26.9. The molecule has 0 aliphatic carbocycles. The van der Waals surface area contributed by atoms with Crippen LogP contribution in [0.5, 0.6) is 0 Å². The molecule has 0 radical (unpaired) electrons. The summed E-state index contributed by atoms with van der Waals surface area (Å²) in [6.45, 7) is -0.387.